The quantitative estimate of drug-likeness (QED) is 0.153. The number of hydrogen-bond donors (Lipinski definition) is 1. The van der Waals surface area contributed by atoms with E-state index >= 15 is 0 Å². The molecule has 8 nitrogen and oxygen atoms in total. The predicted octanol–water partition coefficient (Wildman–Crippen LogP) is 6.37. The number of nitro benzene ring substituents is 1. The van der Waals surface area contributed by atoms with E-state index in [9.17, 15) is 14.9 Å². The minimum Gasteiger partial charge on any atom is -0.493 e. The predicted molar refractivity (Wildman–Crippen MR) is 145 cm³/mol. The number of nitrogen functional groups attached to an aromatic ring is 1. The molecule has 0 saturated carbocycles. The van der Waals surface area contributed by atoms with Crippen molar-refractivity contribution in [3.63, 3.8) is 0 Å². The number of benzene rings is 3. The van der Waals surface area contributed by atoms with Gasteiger partial charge in [-0.2, -0.15) is 0 Å². The number of anilines is 1. The first kappa shape index (κ1) is 24.0. The third-order valence-electron chi connectivity index (χ3n) is 5.99. The molecule has 0 saturated heterocycles. The highest BCUT2D eigenvalue weighted by Gasteiger charge is 2.25. The monoisotopic (exact) mass is 511 g/mol. The second kappa shape index (κ2) is 9.71. The number of fused-ring (bicyclic) bond motifs is 1. The lowest BCUT2D eigenvalue weighted by Gasteiger charge is -2.15. The molecule has 184 valence electrons. The molecule has 0 bridgehead atoms. The molecule has 5 rings (SSSR count). The molecule has 5 aromatic rings. The normalized spacial score (nSPS) is 10.9. The summed E-state index contributed by atoms with van der Waals surface area (Å²) in [5.74, 6) is 0.663. The summed E-state index contributed by atoms with van der Waals surface area (Å²) in [6.45, 7) is 0. The standard InChI is InChI=1S/C28H21N3O5S/c1-35-22-13-7-12-19(26(22)36-2)20-15-21(16-8-4-3-5-9-16)30-28-23(20)24(29)27(37-28)25(32)17-10-6-11-18(14-17)31(33)34/h3-15H,29H2,1-2H3. The van der Waals surface area contributed by atoms with Gasteiger partial charge in [-0.25, -0.2) is 4.98 Å². The van der Waals surface area contributed by atoms with Crippen molar-refractivity contribution in [1.29, 1.82) is 0 Å². The van der Waals surface area contributed by atoms with Gasteiger partial charge in [0.05, 0.1) is 30.5 Å². The van der Waals surface area contributed by atoms with Gasteiger partial charge in [-0.3, -0.25) is 14.9 Å². The highest BCUT2D eigenvalue weighted by atomic mass is 32.1. The minimum atomic E-state index is -0.536. The summed E-state index contributed by atoms with van der Waals surface area (Å²) in [5, 5.41) is 11.8. The molecule has 0 fully saturated rings. The van der Waals surface area contributed by atoms with Crippen LogP contribution in [0.2, 0.25) is 0 Å². The summed E-state index contributed by atoms with van der Waals surface area (Å²) in [6, 6.07) is 22.7. The van der Waals surface area contributed by atoms with E-state index in [1.165, 1.54) is 24.3 Å². The Labute approximate surface area is 216 Å². The number of carbonyl (C=O) groups excluding carboxylic acids is 1. The van der Waals surface area contributed by atoms with E-state index in [0.717, 1.165) is 28.0 Å². The van der Waals surface area contributed by atoms with Gasteiger partial charge in [0, 0.05) is 39.8 Å². The number of rotatable bonds is 7. The average molecular weight is 512 g/mol. The van der Waals surface area contributed by atoms with Gasteiger partial charge in [-0.05, 0) is 12.1 Å². The molecule has 2 heterocycles. The number of pyridine rings is 1. The minimum absolute atomic E-state index is 0.170. The van der Waals surface area contributed by atoms with Gasteiger partial charge in [-0.15, -0.1) is 11.3 Å². The SMILES string of the molecule is COc1cccc(-c2cc(-c3ccccc3)nc3sc(C(=O)c4cccc([N+](=O)[O-])c4)c(N)c23)c1OC. The number of carbonyl (C=O) groups is 1. The smallest absolute Gasteiger partial charge is 0.270 e. The molecule has 9 heteroatoms. The summed E-state index contributed by atoms with van der Waals surface area (Å²) in [6.07, 6.45) is 0. The fourth-order valence-electron chi connectivity index (χ4n) is 4.25. The van der Waals surface area contributed by atoms with Crippen LogP contribution >= 0.6 is 11.3 Å². The van der Waals surface area contributed by atoms with Crippen molar-refractivity contribution in [2.45, 2.75) is 0 Å². The summed E-state index contributed by atoms with van der Waals surface area (Å²) in [7, 11) is 3.13. The lowest BCUT2D eigenvalue weighted by atomic mass is 9.97. The van der Waals surface area contributed by atoms with E-state index in [1.807, 2.05) is 48.5 Å². The fourth-order valence-corrected chi connectivity index (χ4v) is 5.33. The maximum Gasteiger partial charge on any atom is 0.270 e. The zero-order valence-corrected chi connectivity index (χ0v) is 20.7. The van der Waals surface area contributed by atoms with Gasteiger partial charge in [0.2, 0.25) is 5.78 Å². The Morgan fingerprint density at radius 1 is 0.946 bits per heavy atom. The zero-order valence-electron chi connectivity index (χ0n) is 19.9. The van der Waals surface area contributed by atoms with Crippen LogP contribution in [0.1, 0.15) is 15.2 Å². The molecule has 2 N–H and O–H groups in total. The Morgan fingerprint density at radius 2 is 1.70 bits per heavy atom. The molecule has 2 aromatic heterocycles. The van der Waals surface area contributed by atoms with Crippen LogP contribution in [0.4, 0.5) is 11.4 Å². The van der Waals surface area contributed by atoms with Crippen molar-refractivity contribution in [1.82, 2.24) is 4.98 Å². The first-order chi connectivity index (χ1) is 17.9. The van der Waals surface area contributed by atoms with Gasteiger partial charge in [0.1, 0.15) is 9.71 Å². The van der Waals surface area contributed by atoms with Gasteiger partial charge >= 0.3 is 0 Å². The summed E-state index contributed by atoms with van der Waals surface area (Å²) >= 11 is 1.15. The van der Waals surface area contributed by atoms with Crippen LogP contribution in [0.25, 0.3) is 32.6 Å². The zero-order chi connectivity index (χ0) is 26.1. The third kappa shape index (κ3) is 4.25. The highest BCUT2D eigenvalue weighted by molar-refractivity contribution is 7.21. The van der Waals surface area contributed by atoms with Crippen molar-refractivity contribution in [3.8, 4) is 33.9 Å². The number of nitrogens with zero attached hydrogens (tertiary/aromatic N) is 2. The van der Waals surface area contributed by atoms with Gasteiger partial charge in [0.15, 0.2) is 11.5 Å². The Hall–Kier alpha value is -4.76. The van der Waals surface area contributed by atoms with Crippen molar-refractivity contribution in [2.75, 3.05) is 20.0 Å². The largest absolute Gasteiger partial charge is 0.493 e. The van der Waals surface area contributed by atoms with E-state index < -0.39 is 10.7 Å². The van der Waals surface area contributed by atoms with Crippen molar-refractivity contribution in [2.24, 2.45) is 0 Å². The van der Waals surface area contributed by atoms with E-state index in [4.69, 9.17) is 20.2 Å². The number of aromatic nitrogens is 1. The molecule has 0 aliphatic heterocycles. The summed E-state index contributed by atoms with van der Waals surface area (Å²) < 4.78 is 11.2. The maximum atomic E-state index is 13.5. The van der Waals surface area contributed by atoms with E-state index in [2.05, 4.69) is 0 Å². The van der Waals surface area contributed by atoms with Gasteiger partial charge in [0.25, 0.3) is 5.69 Å². The van der Waals surface area contributed by atoms with E-state index in [0.29, 0.717) is 27.4 Å². The maximum absolute atomic E-state index is 13.5. The molecular weight excluding hydrogens is 490 g/mol. The Kier molecular flexibility index (Phi) is 6.29. The van der Waals surface area contributed by atoms with Crippen LogP contribution in [0, 0.1) is 10.1 Å². The van der Waals surface area contributed by atoms with Crippen LogP contribution in [-0.2, 0) is 0 Å². The molecule has 0 atom stereocenters. The number of non-ortho nitro benzene ring substituents is 1. The number of thiophene rings is 1. The number of hydrogen-bond acceptors (Lipinski definition) is 8. The first-order valence-electron chi connectivity index (χ1n) is 11.2. The number of ketones is 1. The Morgan fingerprint density at radius 3 is 2.41 bits per heavy atom. The molecular formula is C28H21N3O5S. The second-order valence-corrected chi connectivity index (χ2v) is 9.12. The van der Waals surface area contributed by atoms with Crippen molar-refractivity contribution >= 4 is 38.7 Å². The molecule has 0 aliphatic rings. The average Bonchev–Trinajstić information content (AvgIpc) is 3.28. The fraction of sp³-hybridized carbons (Fsp3) is 0.0714. The molecule has 0 radical (unpaired) electrons. The van der Waals surface area contributed by atoms with E-state index in [1.54, 1.807) is 20.3 Å². The van der Waals surface area contributed by atoms with Crippen LogP contribution in [0.3, 0.4) is 0 Å². The number of nitro groups is 1. The van der Waals surface area contributed by atoms with Gasteiger partial charge in [-0.1, -0.05) is 54.6 Å². The van der Waals surface area contributed by atoms with Crippen molar-refractivity contribution in [3.05, 3.63) is 99.4 Å². The van der Waals surface area contributed by atoms with Crippen LogP contribution < -0.4 is 15.2 Å². The molecule has 0 aliphatic carbocycles. The first-order valence-corrected chi connectivity index (χ1v) is 12.0. The Balaban J connectivity index is 1.78. The number of ether oxygens (including phenoxy) is 2. The molecule has 37 heavy (non-hydrogen) atoms. The highest BCUT2D eigenvalue weighted by Crippen LogP contribution is 2.46. The topological polar surface area (TPSA) is 118 Å². The third-order valence-corrected chi connectivity index (χ3v) is 7.09. The second-order valence-electron chi connectivity index (χ2n) is 8.12. The molecule has 0 amide bonds. The lowest BCUT2D eigenvalue weighted by Crippen LogP contribution is -2.03. The van der Waals surface area contributed by atoms with E-state index in [-0.39, 0.29) is 21.8 Å². The van der Waals surface area contributed by atoms with Crippen molar-refractivity contribution < 1.29 is 19.2 Å². The molecule has 3 aromatic carbocycles. The van der Waals surface area contributed by atoms with Crippen LogP contribution in [0.15, 0.2) is 78.9 Å². The number of nitrogens with two attached hydrogens (primary N) is 1. The number of methoxy groups -OCH3 is 2. The summed E-state index contributed by atoms with van der Waals surface area (Å²) in [4.78, 5) is 29.8. The number of para-hydroxylation sites is 1. The lowest BCUT2D eigenvalue weighted by molar-refractivity contribution is -0.384. The van der Waals surface area contributed by atoms with Crippen LogP contribution in [0.5, 0.6) is 11.5 Å². The summed E-state index contributed by atoms with van der Waals surface area (Å²) in [5.41, 5.74) is 9.92. The Bertz CT molecular complexity index is 1660. The van der Waals surface area contributed by atoms with Crippen LogP contribution in [-0.4, -0.2) is 29.9 Å². The van der Waals surface area contributed by atoms with Gasteiger partial charge < -0.3 is 15.2 Å². The molecule has 0 unspecified atom stereocenters. The molecule has 0 spiro atoms.